The molecule has 0 fully saturated rings. The van der Waals surface area contributed by atoms with Crippen molar-refractivity contribution in [1.29, 1.82) is 0 Å². The van der Waals surface area contributed by atoms with Gasteiger partial charge in [-0.05, 0) is 13.8 Å². The molecule has 0 atom stereocenters. The van der Waals surface area contributed by atoms with E-state index in [1.807, 2.05) is 13.8 Å². The zero-order chi connectivity index (χ0) is 9.14. The Balaban J connectivity index is 2.88. The summed E-state index contributed by atoms with van der Waals surface area (Å²) in [5.74, 6) is -0.189. The van der Waals surface area contributed by atoms with Crippen molar-refractivity contribution in [2.75, 3.05) is 0 Å². The van der Waals surface area contributed by atoms with E-state index in [0.717, 1.165) is 10.6 Å². The predicted octanol–water partition coefficient (Wildman–Crippen LogP) is 1.53. The second-order valence-corrected chi connectivity index (χ2v) is 3.66. The first kappa shape index (κ1) is 9.06. The Morgan fingerprint density at radius 1 is 1.58 bits per heavy atom. The zero-order valence-corrected chi connectivity index (χ0v) is 7.77. The van der Waals surface area contributed by atoms with Gasteiger partial charge in [-0.2, -0.15) is 0 Å². The smallest absolute Gasteiger partial charge is 0.198 e. The Hall–Kier alpha value is -1.03. The van der Waals surface area contributed by atoms with Crippen molar-refractivity contribution in [1.82, 2.24) is 4.98 Å². The fourth-order valence-corrected chi connectivity index (χ4v) is 1.62. The minimum absolute atomic E-state index is 0.0631. The molecule has 0 aromatic carbocycles. The average molecular weight is 183 g/mol. The molecular formula is C8H9NO2S. The number of nitrogens with zero attached hydrogens (tertiary/aromatic N) is 1. The number of ketones is 1. The Kier molecular flexibility index (Phi) is 2.70. The van der Waals surface area contributed by atoms with Crippen molar-refractivity contribution >= 4 is 23.4 Å². The van der Waals surface area contributed by atoms with Crippen molar-refractivity contribution in [3.05, 3.63) is 15.6 Å². The van der Waals surface area contributed by atoms with Crippen LogP contribution in [0.4, 0.5) is 0 Å². The molecule has 1 heterocycles. The number of carbonyl (C=O) groups excluding carboxylic acids is 2. The third-order valence-corrected chi connectivity index (χ3v) is 2.65. The minimum atomic E-state index is -0.189. The Labute approximate surface area is 74.4 Å². The highest BCUT2D eigenvalue weighted by Gasteiger charge is 2.10. The van der Waals surface area contributed by atoms with Gasteiger partial charge in [-0.25, -0.2) is 4.98 Å². The summed E-state index contributed by atoms with van der Waals surface area (Å²) in [6, 6.07) is 0. The summed E-state index contributed by atoms with van der Waals surface area (Å²) < 4.78 is 0. The maximum atomic E-state index is 11.1. The van der Waals surface area contributed by atoms with Gasteiger partial charge in [0, 0.05) is 4.88 Å². The Morgan fingerprint density at radius 2 is 2.25 bits per heavy atom. The van der Waals surface area contributed by atoms with Crippen LogP contribution in [0, 0.1) is 13.8 Å². The summed E-state index contributed by atoms with van der Waals surface area (Å²) >= 11 is 1.34. The van der Waals surface area contributed by atoms with Gasteiger partial charge in [0.15, 0.2) is 10.8 Å². The van der Waals surface area contributed by atoms with E-state index in [2.05, 4.69) is 4.98 Å². The number of aromatic nitrogens is 1. The molecule has 0 bridgehead atoms. The SMILES string of the molecule is Cc1nc(C(=O)CC=O)sc1C. The summed E-state index contributed by atoms with van der Waals surface area (Å²) in [6.45, 7) is 3.76. The molecule has 0 spiro atoms. The first-order valence-electron chi connectivity index (χ1n) is 3.56. The number of hydrogen-bond donors (Lipinski definition) is 0. The summed E-state index contributed by atoms with van der Waals surface area (Å²) in [6.07, 6.45) is 0.542. The van der Waals surface area contributed by atoms with Crippen molar-refractivity contribution in [3.63, 3.8) is 0 Å². The zero-order valence-electron chi connectivity index (χ0n) is 6.96. The van der Waals surface area contributed by atoms with E-state index in [1.54, 1.807) is 0 Å². The highest BCUT2D eigenvalue weighted by molar-refractivity contribution is 7.13. The number of aldehydes is 1. The highest BCUT2D eigenvalue weighted by atomic mass is 32.1. The van der Waals surface area contributed by atoms with Gasteiger partial charge in [0.2, 0.25) is 0 Å². The number of Topliss-reactive ketones (excluding diaryl/α,β-unsaturated/α-hetero) is 1. The molecule has 1 aromatic rings. The topological polar surface area (TPSA) is 47.0 Å². The van der Waals surface area contributed by atoms with Gasteiger partial charge in [-0.3, -0.25) is 4.79 Å². The molecule has 0 aliphatic carbocycles. The maximum Gasteiger partial charge on any atom is 0.198 e. The predicted molar refractivity (Wildman–Crippen MR) is 46.6 cm³/mol. The highest BCUT2D eigenvalue weighted by Crippen LogP contribution is 2.17. The number of thiazole rings is 1. The second kappa shape index (κ2) is 3.58. The van der Waals surface area contributed by atoms with Crippen LogP contribution in [0.25, 0.3) is 0 Å². The lowest BCUT2D eigenvalue weighted by Crippen LogP contribution is -1.98. The van der Waals surface area contributed by atoms with Crippen LogP contribution in [0.2, 0.25) is 0 Å². The molecule has 4 heteroatoms. The van der Waals surface area contributed by atoms with E-state index in [-0.39, 0.29) is 12.2 Å². The van der Waals surface area contributed by atoms with Gasteiger partial charge in [0.25, 0.3) is 0 Å². The van der Waals surface area contributed by atoms with Gasteiger partial charge in [-0.1, -0.05) is 0 Å². The van der Waals surface area contributed by atoms with Crippen LogP contribution in [-0.2, 0) is 4.79 Å². The number of hydrogen-bond acceptors (Lipinski definition) is 4. The molecule has 0 N–H and O–H groups in total. The van der Waals surface area contributed by atoms with E-state index >= 15 is 0 Å². The first-order valence-corrected chi connectivity index (χ1v) is 4.37. The Bertz CT molecular complexity index is 297. The standard InChI is InChI=1S/C8H9NO2S/c1-5-6(2)12-8(9-5)7(11)3-4-10/h4H,3H2,1-2H3. The van der Waals surface area contributed by atoms with Crippen LogP contribution >= 0.6 is 11.3 Å². The molecule has 0 radical (unpaired) electrons. The molecule has 0 amide bonds. The lowest BCUT2D eigenvalue weighted by atomic mass is 10.3. The lowest BCUT2D eigenvalue weighted by molar-refractivity contribution is -0.107. The van der Waals surface area contributed by atoms with Crippen molar-refractivity contribution in [2.24, 2.45) is 0 Å². The largest absolute Gasteiger partial charge is 0.303 e. The molecule has 0 aliphatic rings. The molecule has 64 valence electrons. The number of rotatable bonds is 3. The average Bonchev–Trinajstić information content (AvgIpc) is 2.33. The normalized spacial score (nSPS) is 9.83. The van der Waals surface area contributed by atoms with Crippen LogP contribution in [0.1, 0.15) is 26.8 Å². The molecular weight excluding hydrogens is 174 g/mol. The Morgan fingerprint density at radius 3 is 2.67 bits per heavy atom. The van der Waals surface area contributed by atoms with Crippen LogP contribution < -0.4 is 0 Å². The van der Waals surface area contributed by atoms with E-state index < -0.39 is 0 Å². The van der Waals surface area contributed by atoms with Crippen molar-refractivity contribution in [3.8, 4) is 0 Å². The number of carbonyl (C=O) groups is 2. The molecule has 1 aromatic heterocycles. The van der Waals surface area contributed by atoms with E-state index in [1.165, 1.54) is 11.3 Å². The van der Waals surface area contributed by atoms with Gasteiger partial charge in [0.05, 0.1) is 12.1 Å². The van der Waals surface area contributed by atoms with Gasteiger partial charge in [-0.15, -0.1) is 11.3 Å². The van der Waals surface area contributed by atoms with Crippen molar-refractivity contribution in [2.45, 2.75) is 20.3 Å². The van der Waals surface area contributed by atoms with Crippen LogP contribution in [0.15, 0.2) is 0 Å². The molecule has 0 saturated carbocycles. The quantitative estimate of drug-likeness (QED) is 0.405. The summed E-state index contributed by atoms with van der Waals surface area (Å²) in [5, 5.41) is 0.442. The van der Waals surface area contributed by atoms with Crippen LogP contribution in [0.5, 0.6) is 0 Å². The molecule has 1 rings (SSSR count). The van der Waals surface area contributed by atoms with Crippen LogP contribution in [0.3, 0.4) is 0 Å². The minimum Gasteiger partial charge on any atom is -0.303 e. The van der Waals surface area contributed by atoms with Gasteiger partial charge in [0.1, 0.15) is 6.29 Å². The van der Waals surface area contributed by atoms with Gasteiger partial charge < -0.3 is 4.79 Å². The second-order valence-electron chi connectivity index (χ2n) is 2.45. The van der Waals surface area contributed by atoms with E-state index in [0.29, 0.717) is 11.3 Å². The van der Waals surface area contributed by atoms with E-state index in [9.17, 15) is 9.59 Å². The first-order chi connectivity index (χ1) is 5.65. The molecule has 0 saturated heterocycles. The third-order valence-electron chi connectivity index (χ3n) is 1.54. The van der Waals surface area contributed by atoms with Crippen LogP contribution in [-0.4, -0.2) is 17.1 Å². The van der Waals surface area contributed by atoms with Crippen molar-refractivity contribution < 1.29 is 9.59 Å². The van der Waals surface area contributed by atoms with Gasteiger partial charge >= 0.3 is 0 Å². The summed E-state index contributed by atoms with van der Waals surface area (Å²) in [7, 11) is 0. The fraction of sp³-hybridized carbons (Fsp3) is 0.375. The molecule has 12 heavy (non-hydrogen) atoms. The monoisotopic (exact) mass is 183 g/mol. The molecule has 3 nitrogen and oxygen atoms in total. The fourth-order valence-electron chi connectivity index (χ4n) is 0.755. The van der Waals surface area contributed by atoms with E-state index in [4.69, 9.17) is 0 Å². The molecule has 0 unspecified atom stereocenters. The summed E-state index contributed by atoms with van der Waals surface area (Å²) in [4.78, 5) is 26.2. The summed E-state index contributed by atoms with van der Waals surface area (Å²) in [5.41, 5.74) is 0.870. The maximum absolute atomic E-state index is 11.1. The lowest BCUT2D eigenvalue weighted by Gasteiger charge is -1.85. The third kappa shape index (κ3) is 1.76. The molecule has 0 aliphatic heterocycles. The number of aryl methyl sites for hydroxylation is 2.